The van der Waals surface area contributed by atoms with Gasteiger partial charge in [0.1, 0.15) is 17.8 Å². The predicted molar refractivity (Wildman–Crippen MR) is 205 cm³/mol. The molecule has 1 aliphatic carbocycles. The zero-order valence-electron chi connectivity index (χ0n) is 30.8. The zero-order chi connectivity index (χ0) is 37.9. The molecule has 2 unspecified atom stereocenters. The Morgan fingerprint density at radius 1 is 0.964 bits per heavy atom. The van der Waals surface area contributed by atoms with E-state index in [2.05, 4.69) is 70.1 Å². The van der Waals surface area contributed by atoms with Crippen molar-refractivity contribution in [3.05, 3.63) is 78.0 Å². The van der Waals surface area contributed by atoms with Gasteiger partial charge in [-0.1, -0.05) is 17.3 Å². The number of carbonyl (C=O) groups excluding carboxylic acids is 2. The van der Waals surface area contributed by atoms with Crippen molar-refractivity contribution in [3.63, 3.8) is 0 Å². The normalized spacial score (nSPS) is 21.1. The number of rotatable bonds is 10. The lowest BCUT2D eigenvalue weighted by molar-refractivity contribution is -0.134. The first kappa shape index (κ1) is 35.8. The summed E-state index contributed by atoms with van der Waals surface area (Å²) in [6.45, 7) is 6.92. The summed E-state index contributed by atoms with van der Waals surface area (Å²) in [5.41, 5.74) is 5.50. The van der Waals surface area contributed by atoms with Gasteiger partial charge in [-0.15, -0.1) is 5.10 Å². The van der Waals surface area contributed by atoms with E-state index in [-0.39, 0.29) is 17.7 Å². The number of hydrogen-bond acceptors (Lipinski definition) is 12. The SMILES string of the molecule is CC(C#N)Nc1cc(-n2ncc3cc(C#N)cnc32)ncc1-n1cc([C@H]2CC[C@H](CCN3CCN(c4ccc(C5CCC(=O)NC5=O)cc4)CC3)CC2)nn1. The van der Waals surface area contributed by atoms with Crippen molar-refractivity contribution >= 4 is 34.2 Å². The van der Waals surface area contributed by atoms with E-state index in [0.717, 1.165) is 62.2 Å². The van der Waals surface area contributed by atoms with Crippen LogP contribution in [0.5, 0.6) is 0 Å². The van der Waals surface area contributed by atoms with Gasteiger partial charge in [-0.25, -0.2) is 14.6 Å². The van der Waals surface area contributed by atoms with Gasteiger partial charge >= 0.3 is 0 Å². The van der Waals surface area contributed by atoms with E-state index in [0.29, 0.717) is 53.1 Å². The van der Waals surface area contributed by atoms with Crippen molar-refractivity contribution in [2.45, 2.75) is 69.7 Å². The van der Waals surface area contributed by atoms with Crippen molar-refractivity contribution in [2.24, 2.45) is 5.92 Å². The van der Waals surface area contributed by atoms with Gasteiger partial charge in [0.15, 0.2) is 11.5 Å². The highest BCUT2D eigenvalue weighted by Crippen LogP contribution is 2.37. The molecule has 2 amide bonds. The number of fused-ring (bicyclic) bond motifs is 1. The Bertz CT molecular complexity index is 2270. The van der Waals surface area contributed by atoms with Gasteiger partial charge in [-0.2, -0.15) is 20.3 Å². The second-order valence-corrected chi connectivity index (χ2v) is 14.9. The maximum absolute atomic E-state index is 12.3. The molecule has 1 aromatic carbocycles. The summed E-state index contributed by atoms with van der Waals surface area (Å²) in [5.74, 6) is 0.933. The number of carbonyl (C=O) groups is 2. The molecule has 1 saturated carbocycles. The molecule has 280 valence electrons. The third-order valence-electron chi connectivity index (χ3n) is 11.3. The lowest BCUT2D eigenvalue weighted by atomic mass is 9.79. The smallest absolute Gasteiger partial charge is 0.234 e. The first-order chi connectivity index (χ1) is 26.8. The fraction of sp³-hybridized carbons (Fsp3) is 0.425. The quantitative estimate of drug-likeness (QED) is 0.190. The summed E-state index contributed by atoms with van der Waals surface area (Å²) >= 11 is 0. The van der Waals surface area contributed by atoms with Crippen LogP contribution in [0.4, 0.5) is 11.4 Å². The topological polar surface area (TPSA) is 187 Å². The third-order valence-corrected chi connectivity index (χ3v) is 11.3. The zero-order valence-corrected chi connectivity index (χ0v) is 30.8. The minimum atomic E-state index is -0.465. The number of amides is 2. The van der Waals surface area contributed by atoms with Gasteiger partial charge < -0.3 is 10.2 Å². The van der Waals surface area contributed by atoms with Crippen LogP contribution in [0.2, 0.25) is 0 Å². The molecule has 0 spiro atoms. The van der Waals surface area contributed by atoms with Gasteiger partial charge in [-0.3, -0.25) is 19.8 Å². The lowest BCUT2D eigenvalue weighted by Gasteiger charge is -2.37. The summed E-state index contributed by atoms with van der Waals surface area (Å²) in [6.07, 6.45) is 13.5. The summed E-state index contributed by atoms with van der Waals surface area (Å²) in [4.78, 5) is 37.9. The number of aromatic nitrogens is 7. The summed E-state index contributed by atoms with van der Waals surface area (Å²) in [6, 6.07) is 15.7. The maximum atomic E-state index is 12.3. The molecule has 3 aliphatic rings. The van der Waals surface area contributed by atoms with E-state index in [1.54, 1.807) is 34.7 Å². The molecule has 6 heterocycles. The number of nitrogens with zero attached hydrogens (tertiary/aromatic N) is 11. The fourth-order valence-electron chi connectivity index (χ4n) is 8.12. The average molecular weight is 738 g/mol. The van der Waals surface area contributed by atoms with Crippen molar-refractivity contribution in [2.75, 3.05) is 42.9 Å². The number of piperazine rings is 1. The van der Waals surface area contributed by atoms with Gasteiger partial charge in [0, 0.05) is 61.9 Å². The highest BCUT2D eigenvalue weighted by molar-refractivity contribution is 6.01. The molecule has 8 rings (SSSR count). The molecule has 2 N–H and O–H groups in total. The minimum absolute atomic E-state index is 0.183. The standard InChI is InChI=1S/C40H43N13O2/c1-26(20-41)46-34-19-37(53-39-31(23-45-53)18-28(21-42)22-44-39)43-24-36(34)52-25-35(48-49-52)30-4-2-27(3-5-30)12-13-50-14-16-51(17-15-50)32-8-6-29(7-9-32)33-10-11-38(54)47-40(33)55/h6-9,18-19,22-27,30,33H,2-5,10-17H2,1H3,(H,43,46)(H,47,54,55)/t26?,27-,30-,33?. The number of nitriles is 2. The summed E-state index contributed by atoms with van der Waals surface area (Å²) in [7, 11) is 0. The van der Waals surface area contributed by atoms with Crippen LogP contribution in [-0.2, 0) is 9.59 Å². The number of benzene rings is 1. The van der Waals surface area contributed by atoms with Gasteiger partial charge in [0.05, 0.1) is 47.5 Å². The van der Waals surface area contributed by atoms with Crippen molar-refractivity contribution < 1.29 is 9.59 Å². The molecule has 15 nitrogen and oxygen atoms in total. The predicted octanol–water partition coefficient (Wildman–Crippen LogP) is 4.60. The van der Waals surface area contributed by atoms with E-state index in [4.69, 9.17) is 0 Å². The van der Waals surface area contributed by atoms with Crippen LogP contribution >= 0.6 is 0 Å². The molecule has 0 radical (unpaired) electrons. The Kier molecular flexibility index (Phi) is 10.2. The molecule has 2 saturated heterocycles. The molecule has 2 atom stereocenters. The van der Waals surface area contributed by atoms with E-state index in [1.165, 1.54) is 31.1 Å². The Hall–Kier alpha value is -6.19. The molecule has 0 bridgehead atoms. The highest BCUT2D eigenvalue weighted by atomic mass is 16.2. The average Bonchev–Trinajstić information content (AvgIpc) is 3.88. The number of nitrogens with one attached hydrogen (secondary N) is 2. The second kappa shape index (κ2) is 15.7. The number of pyridine rings is 2. The Morgan fingerprint density at radius 3 is 2.51 bits per heavy atom. The van der Waals surface area contributed by atoms with Crippen molar-refractivity contribution in [3.8, 4) is 23.6 Å². The summed E-state index contributed by atoms with van der Waals surface area (Å²) in [5, 5.41) is 38.8. The van der Waals surface area contributed by atoms with Crippen LogP contribution in [0.15, 0.2) is 61.2 Å². The lowest BCUT2D eigenvalue weighted by Crippen LogP contribution is -2.47. The Morgan fingerprint density at radius 2 is 1.76 bits per heavy atom. The van der Waals surface area contributed by atoms with E-state index in [9.17, 15) is 20.1 Å². The fourth-order valence-corrected chi connectivity index (χ4v) is 8.12. The van der Waals surface area contributed by atoms with Crippen molar-refractivity contribution in [1.29, 1.82) is 10.5 Å². The van der Waals surface area contributed by atoms with Crippen LogP contribution in [0.3, 0.4) is 0 Å². The van der Waals surface area contributed by atoms with Crippen LogP contribution in [0.1, 0.15) is 80.5 Å². The Balaban J connectivity index is 0.836. The second-order valence-electron chi connectivity index (χ2n) is 14.9. The number of anilines is 2. The van der Waals surface area contributed by atoms with Gasteiger partial charge in [0.25, 0.3) is 0 Å². The summed E-state index contributed by atoms with van der Waals surface area (Å²) < 4.78 is 3.34. The van der Waals surface area contributed by atoms with Crippen LogP contribution in [-0.4, -0.2) is 90.2 Å². The van der Waals surface area contributed by atoms with Gasteiger partial charge in [-0.05, 0) is 81.7 Å². The van der Waals surface area contributed by atoms with Crippen LogP contribution in [0.25, 0.3) is 22.5 Å². The molecule has 2 aliphatic heterocycles. The van der Waals surface area contributed by atoms with Gasteiger partial charge in [0.2, 0.25) is 11.8 Å². The number of hydrogen-bond donors (Lipinski definition) is 2. The number of piperidine rings is 1. The van der Waals surface area contributed by atoms with Crippen molar-refractivity contribution in [1.82, 2.24) is 45.0 Å². The molecule has 55 heavy (non-hydrogen) atoms. The molecule has 5 aromatic rings. The van der Waals surface area contributed by atoms with E-state index >= 15 is 0 Å². The van der Waals surface area contributed by atoms with Crippen LogP contribution < -0.4 is 15.5 Å². The largest absolute Gasteiger partial charge is 0.369 e. The monoisotopic (exact) mass is 737 g/mol. The highest BCUT2D eigenvalue weighted by Gasteiger charge is 2.29. The number of imide groups is 1. The van der Waals surface area contributed by atoms with E-state index in [1.807, 2.05) is 24.4 Å². The molecule has 3 fully saturated rings. The maximum Gasteiger partial charge on any atom is 0.234 e. The van der Waals surface area contributed by atoms with E-state index < -0.39 is 6.04 Å². The minimum Gasteiger partial charge on any atom is -0.369 e. The van der Waals surface area contributed by atoms with Crippen LogP contribution in [0, 0.1) is 28.6 Å². The Labute approximate surface area is 319 Å². The molecule has 4 aromatic heterocycles. The molecule has 15 heteroatoms. The first-order valence-electron chi connectivity index (χ1n) is 19.1. The third kappa shape index (κ3) is 7.75. The molecular formula is C40H43N13O2. The molecular weight excluding hydrogens is 695 g/mol. The first-order valence-corrected chi connectivity index (χ1v) is 19.1.